The lowest BCUT2D eigenvalue weighted by molar-refractivity contribution is -0.116. The summed E-state index contributed by atoms with van der Waals surface area (Å²) in [5.41, 5.74) is -0.739. The number of imidazole rings is 1. The number of halogens is 4. The van der Waals surface area contributed by atoms with Crippen molar-refractivity contribution in [2.75, 3.05) is 30.9 Å². The number of carbonyl (C=O) groups is 2. The van der Waals surface area contributed by atoms with Gasteiger partial charge in [0.15, 0.2) is 5.82 Å². The van der Waals surface area contributed by atoms with Crippen molar-refractivity contribution >= 4 is 54.7 Å². The Morgan fingerprint density at radius 2 is 1.96 bits per heavy atom. The van der Waals surface area contributed by atoms with Crippen molar-refractivity contribution in [3.63, 3.8) is 0 Å². The number of anilines is 2. The number of nitrogens with zero attached hydrogens (tertiary/aromatic N) is 2. The van der Waals surface area contributed by atoms with Crippen LogP contribution < -0.4 is 16.0 Å². The maximum atomic E-state index is 14.8. The Morgan fingerprint density at radius 1 is 1.20 bits per heavy atom. The number of hydrogen-bond acceptors (Lipinski definition) is 7. The number of rotatable bonds is 11. The Hall–Kier alpha value is -3.33. The van der Waals surface area contributed by atoms with Gasteiger partial charge in [0.05, 0.1) is 35.0 Å². The second-order valence-corrected chi connectivity index (χ2v) is 19.7. The summed E-state index contributed by atoms with van der Waals surface area (Å²) >= 11 is 13.0. The molecule has 49 heavy (non-hydrogen) atoms. The number of amides is 2. The Kier molecular flexibility index (Phi) is 13.0. The Bertz CT molecular complexity index is 1700. The van der Waals surface area contributed by atoms with Gasteiger partial charge in [0.2, 0.25) is 5.91 Å². The van der Waals surface area contributed by atoms with Gasteiger partial charge in [-0.2, -0.15) is 0 Å². The van der Waals surface area contributed by atoms with Crippen LogP contribution >= 0.6 is 23.2 Å². The van der Waals surface area contributed by atoms with Crippen molar-refractivity contribution in [2.45, 2.75) is 76.7 Å². The van der Waals surface area contributed by atoms with Crippen LogP contribution in [0, 0.1) is 11.6 Å². The van der Waals surface area contributed by atoms with Crippen molar-refractivity contribution in [1.29, 1.82) is 0 Å². The summed E-state index contributed by atoms with van der Waals surface area (Å²) in [6, 6.07) is 7.52. The van der Waals surface area contributed by atoms with Crippen LogP contribution in [0.25, 0.3) is 11.3 Å². The van der Waals surface area contributed by atoms with Crippen LogP contribution in [0.4, 0.5) is 25.0 Å². The summed E-state index contributed by atoms with van der Waals surface area (Å²) in [5, 5.41) is 20.1. The molecule has 1 aromatic heterocycles. The summed E-state index contributed by atoms with van der Waals surface area (Å²) in [6.07, 6.45) is 4.13. The van der Waals surface area contributed by atoms with Gasteiger partial charge >= 0.3 is 6.09 Å². The van der Waals surface area contributed by atoms with E-state index in [1.807, 2.05) is 12.2 Å². The number of allylic oxidation sites excluding steroid dienone is 1. The Balaban J connectivity index is 1.74. The fourth-order valence-electron chi connectivity index (χ4n) is 5.34. The molecule has 0 saturated carbocycles. The number of carbonyl (C=O) groups excluding carboxylic acids is 2. The monoisotopic (exact) mass is 737 g/mol. The molecule has 0 aliphatic carbocycles. The quantitative estimate of drug-likeness (QED) is 0.0676. The largest absolute Gasteiger partial charge is 0.453 e. The highest BCUT2D eigenvalue weighted by atomic mass is 35.5. The van der Waals surface area contributed by atoms with Crippen LogP contribution in [0.2, 0.25) is 35.9 Å². The maximum Gasteiger partial charge on any atom is 0.411 e. The molecule has 2 heterocycles. The molecule has 1 aliphatic heterocycles. The number of ether oxygens (including phenoxy) is 2. The van der Waals surface area contributed by atoms with Crippen LogP contribution in [-0.4, -0.2) is 55.0 Å². The first kappa shape index (κ1) is 38.5. The van der Waals surface area contributed by atoms with Gasteiger partial charge in [-0.1, -0.05) is 55.0 Å². The van der Waals surface area contributed by atoms with Gasteiger partial charge in [-0.25, -0.2) is 18.6 Å². The van der Waals surface area contributed by atoms with Gasteiger partial charge in [0.25, 0.3) is 0 Å². The van der Waals surface area contributed by atoms with Crippen LogP contribution in [-0.2, 0) is 26.6 Å². The Labute approximate surface area is 296 Å². The molecule has 4 N–H and O–H groups in total. The number of hydrogen-bond donors (Lipinski definition) is 4. The second-order valence-electron chi connectivity index (χ2n) is 13.3. The van der Waals surface area contributed by atoms with E-state index < -0.39 is 43.0 Å². The third-order valence-corrected chi connectivity index (χ3v) is 10.5. The van der Waals surface area contributed by atoms with E-state index >= 15 is 0 Å². The van der Waals surface area contributed by atoms with E-state index in [0.29, 0.717) is 47.9 Å². The highest BCUT2D eigenvalue weighted by Crippen LogP contribution is 2.38. The molecule has 0 fully saturated rings. The average Bonchev–Trinajstić information content (AvgIpc) is 3.34. The fraction of sp³-hybridized carbons (Fsp3) is 0.441. The smallest absolute Gasteiger partial charge is 0.411 e. The van der Waals surface area contributed by atoms with E-state index in [1.165, 1.54) is 14.0 Å². The third-order valence-electron chi connectivity index (χ3n) is 8.11. The first-order valence-electron chi connectivity index (χ1n) is 16.0. The molecule has 3 aromatic rings. The topological polar surface area (TPSA) is 127 Å². The summed E-state index contributed by atoms with van der Waals surface area (Å²) in [6.45, 7) is 8.84. The summed E-state index contributed by atoms with van der Waals surface area (Å²) in [5.74, 6) is -1.63. The predicted molar refractivity (Wildman–Crippen MR) is 191 cm³/mol. The van der Waals surface area contributed by atoms with Gasteiger partial charge in [-0.05, 0) is 69.1 Å². The van der Waals surface area contributed by atoms with Crippen LogP contribution in [0.3, 0.4) is 0 Å². The molecule has 266 valence electrons. The van der Waals surface area contributed by atoms with E-state index in [-0.39, 0.29) is 42.2 Å². The van der Waals surface area contributed by atoms with Gasteiger partial charge in [-0.15, -0.1) is 0 Å². The SMILES string of the molecule is COC(=O)Nc1ccc2c(c1)NC(=O)CC/C=C\C[C@H](NCCC(C)(O)c1c(F)ccc(Cl)c1F)c1nc-2c(Cl)n1COCC[Si](C)(C)C. The molecule has 1 unspecified atom stereocenters. The molecule has 1 aliphatic rings. The molecule has 2 atom stereocenters. The number of aromatic nitrogens is 2. The van der Waals surface area contributed by atoms with Crippen molar-refractivity contribution in [2.24, 2.45) is 0 Å². The molecular weight excluding hydrogens is 695 g/mol. The minimum Gasteiger partial charge on any atom is -0.453 e. The van der Waals surface area contributed by atoms with E-state index in [4.69, 9.17) is 37.7 Å². The lowest BCUT2D eigenvalue weighted by Gasteiger charge is -2.27. The number of methoxy groups -OCH3 is 1. The molecule has 15 heteroatoms. The number of nitrogens with one attached hydrogen (secondary N) is 3. The number of aliphatic hydroxyl groups is 1. The van der Waals surface area contributed by atoms with Gasteiger partial charge in [0.1, 0.15) is 29.2 Å². The summed E-state index contributed by atoms with van der Waals surface area (Å²) < 4.78 is 42.1. The second kappa shape index (κ2) is 16.6. The summed E-state index contributed by atoms with van der Waals surface area (Å²) in [4.78, 5) is 29.8. The molecule has 2 aromatic carbocycles. The highest BCUT2D eigenvalue weighted by Gasteiger charge is 2.32. The molecule has 2 bridgehead atoms. The van der Waals surface area contributed by atoms with E-state index in [9.17, 15) is 23.5 Å². The molecule has 4 rings (SSSR count). The van der Waals surface area contributed by atoms with Crippen molar-refractivity contribution < 1.29 is 33.0 Å². The number of benzene rings is 2. The Morgan fingerprint density at radius 3 is 2.67 bits per heavy atom. The predicted octanol–water partition coefficient (Wildman–Crippen LogP) is 8.23. The van der Waals surface area contributed by atoms with Gasteiger partial charge in [-0.3, -0.25) is 14.7 Å². The normalized spacial score (nSPS) is 17.1. The maximum absolute atomic E-state index is 14.8. The molecule has 2 amide bonds. The minimum atomic E-state index is -1.88. The summed E-state index contributed by atoms with van der Waals surface area (Å²) in [7, 11) is -0.140. The molecule has 0 radical (unpaired) electrons. The minimum absolute atomic E-state index is 0.0629. The van der Waals surface area contributed by atoms with Crippen molar-refractivity contribution in [3.05, 3.63) is 75.7 Å². The zero-order chi connectivity index (χ0) is 35.9. The van der Waals surface area contributed by atoms with E-state index in [0.717, 1.165) is 18.2 Å². The molecule has 10 nitrogen and oxygen atoms in total. The first-order valence-corrected chi connectivity index (χ1v) is 20.4. The van der Waals surface area contributed by atoms with Crippen LogP contribution in [0.5, 0.6) is 0 Å². The van der Waals surface area contributed by atoms with Crippen LogP contribution in [0.1, 0.15) is 50.0 Å². The molecular formula is C34H43Cl2F2N5O5Si. The lowest BCUT2D eigenvalue weighted by Crippen LogP contribution is -2.32. The highest BCUT2D eigenvalue weighted by molar-refractivity contribution is 6.76. The van der Waals surface area contributed by atoms with E-state index in [2.05, 4.69) is 35.6 Å². The lowest BCUT2D eigenvalue weighted by atomic mass is 9.91. The molecule has 0 spiro atoms. The number of fused-ring (bicyclic) bond motifs is 4. The average molecular weight is 739 g/mol. The third kappa shape index (κ3) is 10.1. The van der Waals surface area contributed by atoms with Crippen molar-refractivity contribution in [3.8, 4) is 11.3 Å². The molecule has 0 saturated heterocycles. The standard InChI is InChI=1S/C34H43Cl2F2N5O5Si/c1-34(46,28-24(37)14-13-23(35)29(28)38)15-16-39-25-9-7-6-8-10-27(44)41-26-19-21(40-33(45)47-2)11-12-22(26)30-31(36)43(32(25)42-30)20-48-17-18-49(3,4)5/h6-7,11-14,19,25,39,46H,8-10,15-18,20H2,1-5H3,(H,40,45)(H,41,44)/b7-6-/t25-,34?/m0/s1. The van der Waals surface area contributed by atoms with E-state index in [1.54, 1.807) is 22.8 Å². The van der Waals surface area contributed by atoms with Crippen molar-refractivity contribution in [1.82, 2.24) is 14.9 Å². The zero-order valence-electron chi connectivity index (χ0n) is 28.3. The first-order chi connectivity index (χ1) is 23.1. The zero-order valence-corrected chi connectivity index (χ0v) is 30.8. The van der Waals surface area contributed by atoms with Crippen LogP contribution in [0.15, 0.2) is 42.5 Å². The fourth-order valence-corrected chi connectivity index (χ4v) is 6.53. The van der Waals surface area contributed by atoms with Gasteiger partial charge in [0, 0.05) is 32.4 Å². The van der Waals surface area contributed by atoms with Gasteiger partial charge < -0.3 is 25.2 Å².